The molecule has 0 bridgehead atoms. The molecule has 154 valence electrons. The third-order valence-corrected chi connectivity index (χ3v) is 5.64. The van der Waals surface area contributed by atoms with Gasteiger partial charge in [0.2, 0.25) is 6.41 Å². The average molecular weight is 397 g/mol. The van der Waals surface area contributed by atoms with Gasteiger partial charge in [0.1, 0.15) is 5.49 Å². The first-order chi connectivity index (χ1) is 14.1. The zero-order valence-electron chi connectivity index (χ0n) is 16.9. The molecule has 1 saturated heterocycles. The van der Waals surface area contributed by atoms with Gasteiger partial charge in [-0.3, -0.25) is 24.0 Å². The van der Waals surface area contributed by atoms with Crippen molar-refractivity contribution in [2.24, 2.45) is 4.99 Å². The third-order valence-electron chi connectivity index (χ3n) is 5.64. The molecule has 0 saturated carbocycles. The molecule has 1 aromatic rings. The van der Waals surface area contributed by atoms with Crippen LogP contribution in [0.15, 0.2) is 46.6 Å². The summed E-state index contributed by atoms with van der Waals surface area (Å²) in [7, 11) is 0. The molecule has 8 heteroatoms. The van der Waals surface area contributed by atoms with Crippen molar-refractivity contribution >= 4 is 18.0 Å². The lowest BCUT2D eigenvalue weighted by Gasteiger charge is -2.34. The first-order valence-electron chi connectivity index (χ1n) is 10.2. The highest BCUT2D eigenvalue weighted by atomic mass is 16.5. The lowest BCUT2D eigenvalue weighted by Crippen LogP contribution is -2.45. The van der Waals surface area contributed by atoms with Crippen LogP contribution in [0.25, 0.3) is 0 Å². The van der Waals surface area contributed by atoms with Gasteiger partial charge in [0.25, 0.3) is 5.91 Å². The lowest BCUT2D eigenvalue weighted by atomic mass is 10.0. The summed E-state index contributed by atoms with van der Waals surface area (Å²) in [4.78, 5) is 32.5. The number of ether oxygens (including phenoxy) is 1. The van der Waals surface area contributed by atoms with Crippen molar-refractivity contribution < 1.29 is 14.3 Å². The number of rotatable bonds is 4. The van der Waals surface area contributed by atoms with Crippen molar-refractivity contribution in [1.29, 1.82) is 0 Å². The van der Waals surface area contributed by atoms with Gasteiger partial charge in [-0.15, -0.1) is 0 Å². The van der Waals surface area contributed by atoms with Crippen LogP contribution in [0.3, 0.4) is 0 Å². The fraction of sp³-hybridized carbons (Fsp3) is 0.476. The molecule has 29 heavy (non-hydrogen) atoms. The molecule has 3 aliphatic rings. The molecule has 0 aliphatic carbocycles. The summed E-state index contributed by atoms with van der Waals surface area (Å²) in [6.45, 7) is 6.26. The number of nitrogens with zero attached hydrogens (tertiary/aromatic N) is 4. The van der Waals surface area contributed by atoms with E-state index in [1.54, 1.807) is 6.20 Å². The van der Waals surface area contributed by atoms with Crippen molar-refractivity contribution in [2.45, 2.75) is 39.2 Å². The van der Waals surface area contributed by atoms with Crippen LogP contribution >= 0.6 is 0 Å². The minimum Gasteiger partial charge on any atom is -0.469 e. The summed E-state index contributed by atoms with van der Waals surface area (Å²) in [5.74, 6) is 1.60. The molecule has 8 nitrogen and oxygen atoms in total. The van der Waals surface area contributed by atoms with E-state index in [0.717, 1.165) is 42.9 Å². The Hall–Kier alpha value is -3.03. The third kappa shape index (κ3) is 3.66. The van der Waals surface area contributed by atoms with Gasteiger partial charge in [-0.2, -0.15) is 0 Å². The minimum atomic E-state index is 0.0917. The molecule has 0 radical (unpaired) electrons. The van der Waals surface area contributed by atoms with Crippen LogP contribution in [0.1, 0.15) is 33.1 Å². The Labute approximate surface area is 170 Å². The number of piperidine rings is 1. The topological polar surface area (TPSA) is 79.2 Å². The Morgan fingerprint density at radius 2 is 2.28 bits per heavy atom. The molecular weight excluding hydrogens is 370 g/mol. The number of pyridine rings is 1. The van der Waals surface area contributed by atoms with Crippen LogP contribution < -0.4 is 15.7 Å². The zero-order valence-corrected chi connectivity index (χ0v) is 16.9. The van der Waals surface area contributed by atoms with Crippen molar-refractivity contribution in [3.63, 3.8) is 0 Å². The molecule has 0 spiro atoms. The summed E-state index contributed by atoms with van der Waals surface area (Å²) < 4.78 is 7.31. The van der Waals surface area contributed by atoms with Gasteiger partial charge in [0, 0.05) is 43.5 Å². The number of aromatic nitrogens is 1. The van der Waals surface area contributed by atoms with Gasteiger partial charge in [-0.05, 0) is 45.3 Å². The van der Waals surface area contributed by atoms with Gasteiger partial charge in [-0.1, -0.05) is 0 Å². The maximum Gasteiger partial charge on any atom is 0.251 e. The average Bonchev–Trinajstić information content (AvgIpc) is 3.17. The van der Waals surface area contributed by atoms with Gasteiger partial charge in [0.05, 0.1) is 5.69 Å². The summed E-state index contributed by atoms with van der Waals surface area (Å²) in [5, 5.41) is 3.35. The maximum absolute atomic E-state index is 13.0. The van der Waals surface area contributed by atoms with E-state index in [-0.39, 0.29) is 11.9 Å². The number of anilines is 1. The number of amides is 1. The van der Waals surface area contributed by atoms with E-state index in [4.69, 9.17) is 4.74 Å². The molecule has 0 aromatic carbocycles. The lowest BCUT2D eigenvalue weighted by molar-refractivity contribution is -0.130. The number of nitrogens with one attached hydrogen (secondary N) is 1. The number of hydrogen-bond acceptors (Lipinski definition) is 6. The molecule has 1 N–H and O–H groups in total. The zero-order chi connectivity index (χ0) is 20.4. The first-order valence-corrected chi connectivity index (χ1v) is 10.2. The summed E-state index contributed by atoms with van der Waals surface area (Å²) >= 11 is 0. The number of carbonyl (C=O) groups excluding carboxylic acids is 2. The summed E-state index contributed by atoms with van der Waals surface area (Å²) in [6.07, 6.45) is 7.61. The minimum absolute atomic E-state index is 0.0917. The predicted octanol–water partition coefficient (Wildman–Crippen LogP) is 1.34. The predicted molar refractivity (Wildman–Crippen MR) is 109 cm³/mol. The number of hydrogen-bond donors (Lipinski definition) is 1. The molecular formula is C21H27N5O3. The van der Waals surface area contributed by atoms with Gasteiger partial charge in [0.15, 0.2) is 18.3 Å². The van der Waals surface area contributed by atoms with Crippen LogP contribution in [0.4, 0.5) is 5.69 Å². The smallest absolute Gasteiger partial charge is 0.251 e. The second kappa shape index (κ2) is 8.14. The molecule has 1 atom stereocenters. The first kappa shape index (κ1) is 19.3. The normalized spacial score (nSPS) is 22.1. The van der Waals surface area contributed by atoms with Crippen molar-refractivity contribution in [2.75, 3.05) is 31.3 Å². The second-order valence-corrected chi connectivity index (χ2v) is 7.51. The fourth-order valence-electron chi connectivity index (χ4n) is 4.04. The molecule has 4 heterocycles. The van der Waals surface area contributed by atoms with E-state index in [9.17, 15) is 9.59 Å². The van der Waals surface area contributed by atoms with Gasteiger partial charge < -0.3 is 15.0 Å². The highest BCUT2D eigenvalue weighted by Gasteiger charge is 2.32. The highest BCUT2D eigenvalue weighted by molar-refractivity contribution is 5.95. The number of likely N-dealkylation sites (tertiary alicyclic amines) is 1. The molecule has 0 unspecified atom stereocenters. The Kier molecular flexibility index (Phi) is 5.42. The van der Waals surface area contributed by atoms with Crippen molar-refractivity contribution in [3.05, 3.63) is 47.0 Å². The number of allylic oxidation sites excluding steroid dienone is 1. The largest absolute Gasteiger partial charge is 0.469 e. The maximum atomic E-state index is 13.0. The quantitative estimate of drug-likeness (QED) is 0.776. The van der Waals surface area contributed by atoms with Crippen LogP contribution in [-0.2, 0) is 14.3 Å². The van der Waals surface area contributed by atoms with E-state index < -0.39 is 0 Å². The van der Waals surface area contributed by atoms with E-state index in [2.05, 4.69) is 17.2 Å². The van der Waals surface area contributed by atoms with Crippen LogP contribution in [0.2, 0.25) is 0 Å². The highest BCUT2D eigenvalue weighted by Crippen LogP contribution is 2.29. The fourth-order valence-corrected chi connectivity index (χ4v) is 4.04. The number of carbonyl (C=O) groups is 2. The van der Waals surface area contributed by atoms with Crippen LogP contribution in [0, 0.1) is 0 Å². The van der Waals surface area contributed by atoms with E-state index in [1.807, 2.05) is 34.9 Å². The SMILES string of the molecule is CC/N=c1/cc(N2COC3=C2NCC(C(=O)N2CCCC[C@@H]2C)=C3)ccn1C=O. The number of dihydropyridines is 1. The van der Waals surface area contributed by atoms with Crippen molar-refractivity contribution in [1.82, 2.24) is 14.8 Å². The molecule has 1 fully saturated rings. The Morgan fingerprint density at radius 3 is 3.03 bits per heavy atom. The summed E-state index contributed by atoms with van der Waals surface area (Å²) in [5.41, 5.74) is 2.20. The molecule has 1 aromatic heterocycles. The molecule has 4 rings (SSSR count). The van der Waals surface area contributed by atoms with Crippen molar-refractivity contribution in [3.8, 4) is 0 Å². The monoisotopic (exact) mass is 397 g/mol. The van der Waals surface area contributed by atoms with E-state index >= 15 is 0 Å². The standard InChI is InChI=1S/C21H27N5O3/c1-3-22-19-11-17(7-9-24(19)13-27)26-14-29-18-10-16(12-23-20(18)26)21(28)25-8-5-4-6-15(25)2/h7,9-11,13,15,23H,3-6,8,12,14H2,1-2H3/b22-19-/t15-/m0/s1. The Bertz CT molecular complexity index is 946. The van der Waals surface area contributed by atoms with E-state index in [0.29, 0.717) is 31.1 Å². The van der Waals surface area contributed by atoms with Gasteiger partial charge in [-0.25, -0.2) is 0 Å². The van der Waals surface area contributed by atoms with Crippen LogP contribution in [-0.4, -0.2) is 54.2 Å². The second-order valence-electron chi connectivity index (χ2n) is 7.51. The Morgan fingerprint density at radius 1 is 1.41 bits per heavy atom. The van der Waals surface area contributed by atoms with Crippen LogP contribution in [0.5, 0.6) is 0 Å². The van der Waals surface area contributed by atoms with E-state index in [1.165, 1.54) is 11.0 Å². The summed E-state index contributed by atoms with van der Waals surface area (Å²) in [6, 6.07) is 3.99. The molecule has 3 aliphatic heterocycles. The molecule has 1 amide bonds. The van der Waals surface area contributed by atoms with Gasteiger partial charge >= 0.3 is 0 Å². The Balaban J connectivity index is 1.59.